The molecule has 0 aromatic heterocycles. The van der Waals surface area contributed by atoms with Crippen LogP contribution in [0.15, 0.2) is 30.3 Å². The number of amides is 1. The monoisotopic (exact) mass is 323 g/mol. The van der Waals surface area contributed by atoms with Crippen LogP contribution in [0.25, 0.3) is 0 Å². The molecule has 19 heavy (non-hydrogen) atoms. The van der Waals surface area contributed by atoms with Gasteiger partial charge < -0.3 is 0 Å². The maximum atomic E-state index is 12.6. The van der Waals surface area contributed by atoms with Crippen molar-refractivity contribution in [3.8, 4) is 0 Å². The fourth-order valence-corrected chi connectivity index (χ4v) is 2.68. The number of carbonyl (C=O) groups excluding carboxylic acids is 1. The number of benzene rings is 1. The maximum Gasteiger partial charge on any atom is 0.340 e. The lowest BCUT2D eigenvalue weighted by Crippen LogP contribution is -2.76. The highest BCUT2D eigenvalue weighted by molar-refractivity contribution is 9.09. The molecule has 1 heterocycles. The largest absolute Gasteiger partial charge is 0.340 e. The van der Waals surface area contributed by atoms with E-state index in [0.717, 1.165) is 36.1 Å². The minimum atomic E-state index is 0.0875. The first-order chi connectivity index (χ1) is 9.33. The third kappa shape index (κ3) is 3.90. The zero-order chi connectivity index (χ0) is 13.5. The first-order valence-electron chi connectivity index (χ1n) is 6.85. The predicted molar refractivity (Wildman–Crippen MR) is 80.6 cm³/mol. The van der Waals surface area contributed by atoms with Crippen molar-refractivity contribution >= 4 is 27.7 Å². The second-order valence-electron chi connectivity index (χ2n) is 4.70. The van der Waals surface area contributed by atoms with E-state index >= 15 is 0 Å². The molecule has 0 aliphatic carbocycles. The summed E-state index contributed by atoms with van der Waals surface area (Å²) < 4.78 is 0. The second kappa shape index (κ2) is 7.43. The van der Waals surface area contributed by atoms with Gasteiger partial charge in [-0.25, -0.2) is 4.79 Å². The molecular weight excluding hydrogens is 304 g/mol. The molecule has 0 bridgehead atoms. The van der Waals surface area contributed by atoms with Crippen molar-refractivity contribution in [2.24, 2.45) is 0 Å². The van der Waals surface area contributed by atoms with Crippen LogP contribution in [0, 0.1) is 0 Å². The summed E-state index contributed by atoms with van der Waals surface area (Å²) in [6.45, 7) is 1.67. The maximum absolute atomic E-state index is 12.6. The summed E-state index contributed by atoms with van der Waals surface area (Å²) in [6.07, 6.45) is 4.54. The van der Waals surface area contributed by atoms with Crippen molar-refractivity contribution in [1.82, 2.24) is 4.90 Å². The molecule has 0 spiro atoms. The van der Waals surface area contributed by atoms with E-state index < -0.39 is 0 Å². The Labute approximate surface area is 122 Å². The number of carbonyl (C=O) groups is 1. The highest BCUT2D eigenvalue weighted by atomic mass is 79.9. The van der Waals surface area contributed by atoms with Crippen molar-refractivity contribution < 1.29 is 9.79 Å². The van der Waals surface area contributed by atoms with Crippen molar-refractivity contribution in [2.75, 3.05) is 18.4 Å². The lowest BCUT2D eigenvalue weighted by Gasteiger charge is -2.15. The van der Waals surface area contributed by atoms with E-state index in [0.29, 0.717) is 6.54 Å². The molecule has 1 aliphatic heterocycles. The van der Waals surface area contributed by atoms with Gasteiger partial charge in [0, 0.05) is 11.8 Å². The molecule has 0 radical (unpaired) electrons. The standard InChI is InChI=1S/C15H19BrN2O/c16-10-12-18(14-9-5-2-6-11-17-14)15(19)13-7-3-1-4-8-13/h1,3-4,7-8H,2,5-6,9-12H2/p+1. The normalized spacial score (nSPS) is 15.5. The van der Waals surface area contributed by atoms with Crippen LogP contribution in [0.2, 0.25) is 0 Å². The van der Waals surface area contributed by atoms with E-state index in [2.05, 4.69) is 20.9 Å². The third-order valence-electron chi connectivity index (χ3n) is 3.32. The van der Waals surface area contributed by atoms with E-state index in [9.17, 15) is 4.79 Å². The number of nitrogens with one attached hydrogen (secondary N) is 1. The SMILES string of the molecule is O=C(c1ccccc1)N(CCBr)C1=[NH+]CCCCC1. The Balaban J connectivity index is 2.19. The second-order valence-corrected chi connectivity index (χ2v) is 5.49. The fourth-order valence-electron chi connectivity index (χ4n) is 2.33. The Kier molecular flexibility index (Phi) is 5.58. The van der Waals surface area contributed by atoms with Gasteiger partial charge in [0.25, 0.3) is 5.84 Å². The molecule has 0 atom stereocenters. The van der Waals surface area contributed by atoms with Gasteiger partial charge in [0.05, 0.1) is 12.1 Å². The number of nitrogens with zero attached hydrogens (tertiary/aromatic N) is 1. The number of alkyl halides is 1. The molecule has 0 saturated carbocycles. The summed E-state index contributed by atoms with van der Waals surface area (Å²) >= 11 is 3.44. The summed E-state index contributed by atoms with van der Waals surface area (Å²) in [5, 5.41) is 0.788. The third-order valence-corrected chi connectivity index (χ3v) is 3.67. The number of amidine groups is 1. The zero-order valence-electron chi connectivity index (χ0n) is 11.1. The molecule has 1 amide bonds. The molecule has 0 unspecified atom stereocenters. The number of rotatable bonds is 3. The quantitative estimate of drug-likeness (QED) is 0.842. The van der Waals surface area contributed by atoms with E-state index in [4.69, 9.17) is 0 Å². The molecule has 102 valence electrons. The lowest BCUT2D eigenvalue weighted by atomic mass is 10.1. The first-order valence-corrected chi connectivity index (χ1v) is 7.97. The summed E-state index contributed by atoms with van der Waals surface area (Å²) in [5.41, 5.74) is 0.752. The summed E-state index contributed by atoms with van der Waals surface area (Å²) in [5.74, 6) is 1.16. The minimum Gasteiger partial charge on any atom is -0.278 e. The molecule has 1 N–H and O–H groups in total. The van der Waals surface area contributed by atoms with Gasteiger partial charge in [-0.3, -0.25) is 4.99 Å². The summed E-state index contributed by atoms with van der Waals surface area (Å²) in [7, 11) is 0. The van der Waals surface area contributed by atoms with Crippen LogP contribution in [0.3, 0.4) is 0 Å². The first kappa shape index (κ1) is 14.3. The van der Waals surface area contributed by atoms with Crippen molar-refractivity contribution in [1.29, 1.82) is 0 Å². The van der Waals surface area contributed by atoms with Crippen molar-refractivity contribution in [3.63, 3.8) is 0 Å². The number of hydrogen-bond acceptors (Lipinski definition) is 1. The number of hydrogen-bond donors (Lipinski definition) is 1. The van der Waals surface area contributed by atoms with Gasteiger partial charge in [-0.1, -0.05) is 34.1 Å². The summed E-state index contributed by atoms with van der Waals surface area (Å²) in [6, 6.07) is 9.50. The Hall–Kier alpha value is -1.16. The highest BCUT2D eigenvalue weighted by Gasteiger charge is 2.28. The van der Waals surface area contributed by atoms with Gasteiger partial charge in [0.2, 0.25) is 0 Å². The molecule has 1 aliphatic rings. The van der Waals surface area contributed by atoms with Crippen LogP contribution in [-0.4, -0.2) is 35.1 Å². The van der Waals surface area contributed by atoms with Crippen LogP contribution in [-0.2, 0) is 0 Å². The Morgan fingerprint density at radius 2 is 2.00 bits per heavy atom. The van der Waals surface area contributed by atoms with Crippen LogP contribution >= 0.6 is 15.9 Å². The van der Waals surface area contributed by atoms with E-state index in [-0.39, 0.29) is 5.91 Å². The van der Waals surface area contributed by atoms with Gasteiger partial charge in [0.15, 0.2) is 0 Å². The van der Waals surface area contributed by atoms with Crippen molar-refractivity contribution in [3.05, 3.63) is 35.9 Å². The highest BCUT2D eigenvalue weighted by Crippen LogP contribution is 2.09. The van der Waals surface area contributed by atoms with E-state index in [1.54, 1.807) is 0 Å². The average Bonchev–Trinajstić information content (AvgIpc) is 2.74. The number of halogens is 1. The van der Waals surface area contributed by atoms with Gasteiger partial charge in [-0.2, -0.15) is 4.90 Å². The molecular formula is C15H20BrN2O+. The molecule has 4 heteroatoms. The molecule has 0 fully saturated rings. The minimum absolute atomic E-state index is 0.0875. The van der Waals surface area contributed by atoms with Crippen LogP contribution in [0.5, 0.6) is 0 Å². The molecule has 1 aromatic carbocycles. The van der Waals surface area contributed by atoms with E-state index in [1.165, 1.54) is 12.8 Å². The van der Waals surface area contributed by atoms with Gasteiger partial charge in [-0.05, 0) is 31.4 Å². The lowest BCUT2D eigenvalue weighted by molar-refractivity contribution is -0.462. The Morgan fingerprint density at radius 1 is 1.21 bits per heavy atom. The Morgan fingerprint density at radius 3 is 2.74 bits per heavy atom. The van der Waals surface area contributed by atoms with Gasteiger partial charge in [-0.15, -0.1) is 0 Å². The zero-order valence-corrected chi connectivity index (χ0v) is 12.7. The molecule has 2 rings (SSSR count). The van der Waals surface area contributed by atoms with Gasteiger partial charge >= 0.3 is 5.91 Å². The Bertz CT molecular complexity index is 445. The van der Waals surface area contributed by atoms with E-state index in [1.807, 2.05) is 35.2 Å². The van der Waals surface area contributed by atoms with Crippen molar-refractivity contribution in [2.45, 2.75) is 25.7 Å². The average molecular weight is 324 g/mol. The smallest absolute Gasteiger partial charge is 0.278 e. The fraction of sp³-hybridized carbons (Fsp3) is 0.467. The molecule has 0 saturated heterocycles. The molecule has 3 nitrogen and oxygen atoms in total. The van der Waals surface area contributed by atoms with Crippen LogP contribution in [0.4, 0.5) is 0 Å². The summed E-state index contributed by atoms with van der Waals surface area (Å²) in [4.78, 5) is 17.9. The van der Waals surface area contributed by atoms with Crippen LogP contribution in [0.1, 0.15) is 36.0 Å². The predicted octanol–water partition coefficient (Wildman–Crippen LogP) is 1.58. The van der Waals surface area contributed by atoms with Crippen LogP contribution < -0.4 is 4.99 Å². The topological polar surface area (TPSA) is 34.3 Å². The molecule has 1 aromatic rings. The van der Waals surface area contributed by atoms with Gasteiger partial charge in [0.1, 0.15) is 6.54 Å².